The van der Waals surface area contributed by atoms with Gasteiger partial charge in [0.25, 0.3) is 0 Å². The summed E-state index contributed by atoms with van der Waals surface area (Å²) in [5, 5.41) is 3.49. The van der Waals surface area contributed by atoms with Crippen LogP contribution in [0, 0.1) is 11.8 Å². The maximum Gasteiger partial charge on any atom is 0.0624 e. The summed E-state index contributed by atoms with van der Waals surface area (Å²) in [5.74, 6) is 1.40. The van der Waals surface area contributed by atoms with Gasteiger partial charge in [0.05, 0.1) is 6.61 Å². The second-order valence-electron chi connectivity index (χ2n) is 5.28. The molecule has 96 valence electrons. The second-order valence-corrected chi connectivity index (χ2v) is 5.28. The molecule has 1 saturated heterocycles. The predicted molar refractivity (Wildman–Crippen MR) is 68.7 cm³/mol. The molecule has 0 aromatic heterocycles. The lowest BCUT2D eigenvalue weighted by molar-refractivity contribution is 0.0426. The average Bonchev–Trinajstić information content (AvgIpc) is 2.43. The lowest BCUT2D eigenvalue weighted by Gasteiger charge is -2.34. The molecule has 0 spiro atoms. The number of hydrogen-bond acceptors (Lipinski definition) is 3. The van der Waals surface area contributed by atoms with Gasteiger partial charge in [-0.05, 0) is 25.3 Å². The quantitative estimate of drug-likeness (QED) is 0.773. The summed E-state index contributed by atoms with van der Waals surface area (Å²) in [6.07, 6.45) is 0. The summed E-state index contributed by atoms with van der Waals surface area (Å²) in [6.45, 7) is 15.3. The third-order valence-corrected chi connectivity index (χ3v) is 3.35. The monoisotopic (exact) mass is 228 g/mol. The first-order valence-corrected chi connectivity index (χ1v) is 6.67. The van der Waals surface area contributed by atoms with Crippen molar-refractivity contribution in [1.82, 2.24) is 10.2 Å². The molecule has 2 atom stereocenters. The van der Waals surface area contributed by atoms with Gasteiger partial charge in [-0.15, -0.1) is 0 Å². The number of hydrogen-bond donors (Lipinski definition) is 1. The fourth-order valence-corrected chi connectivity index (χ4v) is 2.39. The fourth-order valence-electron chi connectivity index (χ4n) is 2.39. The summed E-state index contributed by atoms with van der Waals surface area (Å²) in [4.78, 5) is 2.60. The summed E-state index contributed by atoms with van der Waals surface area (Å²) in [7, 11) is 0. The SMILES string of the molecule is CCOCC(C(C)C)N1CCNCC(C)C1. The Balaban J connectivity index is 2.53. The average molecular weight is 228 g/mol. The maximum absolute atomic E-state index is 5.62. The Morgan fingerprint density at radius 1 is 1.44 bits per heavy atom. The van der Waals surface area contributed by atoms with Crippen molar-refractivity contribution in [2.75, 3.05) is 39.4 Å². The number of nitrogens with one attached hydrogen (secondary N) is 1. The Kier molecular flexibility index (Phi) is 6.32. The maximum atomic E-state index is 5.62. The normalized spacial score (nSPS) is 25.7. The molecule has 1 N–H and O–H groups in total. The smallest absolute Gasteiger partial charge is 0.0624 e. The Bertz CT molecular complexity index is 185. The Hall–Kier alpha value is -0.120. The van der Waals surface area contributed by atoms with E-state index in [2.05, 4.69) is 37.9 Å². The lowest BCUT2D eigenvalue weighted by atomic mass is 10.0. The van der Waals surface area contributed by atoms with Crippen molar-refractivity contribution in [1.29, 1.82) is 0 Å². The van der Waals surface area contributed by atoms with Crippen molar-refractivity contribution in [2.45, 2.75) is 33.7 Å². The van der Waals surface area contributed by atoms with Crippen molar-refractivity contribution in [2.24, 2.45) is 11.8 Å². The molecule has 0 aromatic rings. The van der Waals surface area contributed by atoms with Crippen LogP contribution in [0.25, 0.3) is 0 Å². The fraction of sp³-hybridized carbons (Fsp3) is 1.00. The van der Waals surface area contributed by atoms with Crippen LogP contribution < -0.4 is 5.32 Å². The van der Waals surface area contributed by atoms with Crippen LogP contribution >= 0.6 is 0 Å². The van der Waals surface area contributed by atoms with Crippen LogP contribution in [-0.4, -0.2) is 50.3 Å². The number of nitrogens with zero attached hydrogens (tertiary/aromatic N) is 1. The highest BCUT2D eigenvalue weighted by Crippen LogP contribution is 2.14. The minimum absolute atomic E-state index is 0.572. The highest BCUT2D eigenvalue weighted by Gasteiger charge is 2.24. The molecule has 1 heterocycles. The van der Waals surface area contributed by atoms with E-state index in [4.69, 9.17) is 4.74 Å². The minimum atomic E-state index is 0.572. The van der Waals surface area contributed by atoms with Crippen LogP contribution in [0.1, 0.15) is 27.7 Å². The molecule has 0 aliphatic carbocycles. The molecule has 3 heteroatoms. The molecule has 0 aromatic carbocycles. The number of ether oxygens (including phenoxy) is 1. The summed E-state index contributed by atoms with van der Waals surface area (Å²) < 4.78 is 5.62. The van der Waals surface area contributed by atoms with E-state index in [1.165, 1.54) is 6.54 Å². The Morgan fingerprint density at radius 3 is 2.81 bits per heavy atom. The van der Waals surface area contributed by atoms with Crippen molar-refractivity contribution >= 4 is 0 Å². The van der Waals surface area contributed by atoms with Gasteiger partial charge >= 0.3 is 0 Å². The highest BCUT2D eigenvalue weighted by atomic mass is 16.5. The van der Waals surface area contributed by atoms with Crippen LogP contribution in [-0.2, 0) is 4.74 Å². The third kappa shape index (κ3) is 4.40. The van der Waals surface area contributed by atoms with Crippen LogP contribution in [0.2, 0.25) is 0 Å². The third-order valence-electron chi connectivity index (χ3n) is 3.35. The van der Waals surface area contributed by atoms with E-state index in [0.717, 1.165) is 38.8 Å². The van der Waals surface area contributed by atoms with Gasteiger partial charge in [-0.25, -0.2) is 0 Å². The van der Waals surface area contributed by atoms with Gasteiger partial charge in [0.2, 0.25) is 0 Å². The first-order chi connectivity index (χ1) is 7.65. The largest absolute Gasteiger partial charge is 0.380 e. The predicted octanol–water partition coefficient (Wildman–Crippen LogP) is 1.59. The molecule has 1 aliphatic heterocycles. The molecule has 1 aliphatic rings. The van der Waals surface area contributed by atoms with Gasteiger partial charge in [-0.3, -0.25) is 4.90 Å². The van der Waals surface area contributed by atoms with E-state index < -0.39 is 0 Å². The topological polar surface area (TPSA) is 24.5 Å². The van der Waals surface area contributed by atoms with E-state index in [9.17, 15) is 0 Å². The zero-order valence-electron chi connectivity index (χ0n) is 11.3. The van der Waals surface area contributed by atoms with Gasteiger partial charge < -0.3 is 10.1 Å². The zero-order valence-corrected chi connectivity index (χ0v) is 11.3. The van der Waals surface area contributed by atoms with Gasteiger partial charge in [0, 0.05) is 32.3 Å². The van der Waals surface area contributed by atoms with Crippen LogP contribution in [0.4, 0.5) is 0 Å². The molecule has 3 nitrogen and oxygen atoms in total. The van der Waals surface area contributed by atoms with Crippen molar-refractivity contribution in [3.63, 3.8) is 0 Å². The zero-order chi connectivity index (χ0) is 12.0. The molecule has 0 bridgehead atoms. The molecule has 0 saturated carbocycles. The van der Waals surface area contributed by atoms with Crippen LogP contribution in [0.15, 0.2) is 0 Å². The van der Waals surface area contributed by atoms with E-state index >= 15 is 0 Å². The second kappa shape index (κ2) is 7.25. The molecule has 2 unspecified atom stereocenters. The first kappa shape index (κ1) is 13.9. The van der Waals surface area contributed by atoms with Gasteiger partial charge in [-0.1, -0.05) is 20.8 Å². The minimum Gasteiger partial charge on any atom is -0.380 e. The molecular formula is C13H28N2O. The summed E-state index contributed by atoms with van der Waals surface area (Å²) >= 11 is 0. The molecular weight excluding hydrogens is 200 g/mol. The lowest BCUT2D eigenvalue weighted by Crippen LogP contribution is -2.45. The summed E-state index contributed by atoms with van der Waals surface area (Å²) in [6, 6.07) is 0.572. The van der Waals surface area contributed by atoms with Crippen molar-refractivity contribution in [3.05, 3.63) is 0 Å². The van der Waals surface area contributed by atoms with Crippen LogP contribution in [0.3, 0.4) is 0 Å². The number of rotatable bonds is 5. The van der Waals surface area contributed by atoms with Gasteiger partial charge in [0.1, 0.15) is 0 Å². The molecule has 0 amide bonds. The first-order valence-electron chi connectivity index (χ1n) is 6.67. The molecule has 1 rings (SSSR count). The van der Waals surface area contributed by atoms with E-state index in [-0.39, 0.29) is 0 Å². The highest BCUT2D eigenvalue weighted by molar-refractivity contribution is 4.79. The standard InChI is InChI=1S/C13H28N2O/c1-5-16-10-13(11(2)3)15-7-6-14-8-12(4)9-15/h11-14H,5-10H2,1-4H3. The molecule has 0 radical (unpaired) electrons. The molecule has 16 heavy (non-hydrogen) atoms. The molecule has 1 fully saturated rings. The Labute approximate surface area is 101 Å². The van der Waals surface area contributed by atoms with Crippen molar-refractivity contribution < 1.29 is 4.74 Å². The van der Waals surface area contributed by atoms with Gasteiger partial charge in [0.15, 0.2) is 0 Å². The van der Waals surface area contributed by atoms with E-state index in [1.807, 2.05) is 0 Å². The van der Waals surface area contributed by atoms with E-state index in [0.29, 0.717) is 12.0 Å². The van der Waals surface area contributed by atoms with Crippen LogP contribution in [0.5, 0.6) is 0 Å². The van der Waals surface area contributed by atoms with E-state index in [1.54, 1.807) is 0 Å². The van der Waals surface area contributed by atoms with Crippen molar-refractivity contribution in [3.8, 4) is 0 Å². The summed E-state index contributed by atoms with van der Waals surface area (Å²) in [5.41, 5.74) is 0. The van der Waals surface area contributed by atoms with Gasteiger partial charge in [-0.2, -0.15) is 0 Å². The Morgan fingerprint density at radius 2 is 2.19 bits per heavy atom.